The van der Waals surface area contributed by atoms with Gasteiger partial charge in [-0.15, -0.1) is 0 Å². The van der Waals surface area contributed by atoms with Crippen molar-refractivity contribution in [2.45, 2.75) is 44.3 Å². The summed E-state index contributed by atoms with van der Waals surface area (Å²) < 4.78 is 13.2. The molecule has 1 aliphatic rings. The van der Waals surface area contributed by atoms with Crippen molar-refractivity contribution in [3.05, 3.63) is 54.1 Å². The summed E-state index contributed by atoms with van der Waals surface area (Å²) >= 11 is 0. The van der Waals surface area contributed by atoms with Crippen LogP contribution in [-0.4, -0.2) is 46.3 Å². The Balaban J connectivity index is 1.27. The summed E-state index contributed by atoms with van der Waals surface area (Å²) in [6, 6.07) is 9.26. The van der Waals surface area contributed by atoms with Crippen LogP contribution >= 0.6 is 0 Å². The molecule has 0 amide bonds. The number of aromatic amines is 1. The number of benzene rings is 1. The molecule has 0 atom stereocenters. The first-order chi connectivity index (χ1) is 14.6. The number of halogens is 1. The molecule has 1 aliphatic carbocycles. The van der Waals surface area contributed by atoms with Crippen molar-refractivity contribution in [2.24, 2.45) is 0 Å². The molecule has 1 fully saturated rings. The molecule has 0 unspecified atom stereocenters. The lowest BCUT2D eigenvalue weighted by Gasteiger charge is -2.30. The smallest absolute Gasteiger partial charge is 0.224 e. The summed E-state index contributed by atoms with van der Waals surface area (Å²) in [4.78, 5) is 10.9. The van der Waals surface area contributed by atoms with Crippen molar-refractivity contribution in [2.75, 3.05) is 24.3 Å². The van der Waals surface area contributed by atoms with Gasteiger partial charge in [0.2, 0.25) is 5.95 Å². The number of rotatable bonds is 7. The number of aromatic nitrogens is 4. The van der Waals surface area contributed by atoms with Crippen LogP contribution in [0.4, 0.5) is 16.2 Å². The summed E-state index contributed by atoms with van der Waals surface area (Å²) in [5.74, 6) is 1.36. The molecule has 8 heteroatoms. The predicted molar refractivity (Wildman–Crippen MR) is 117 cm³/mol. The molecule has 3 aromatic rings. The number of hydrogen-bond acceptors (Lipinski definition) is 6. The van der Waals surface area contributed by atoms with Gasteiger partial charge in [-0.1, -0.05) is 0 Å². The Morgan fingerprint density at radius 3 is 2.53 bits per heavy atom. The zero-order chi connectivity index (χ0) is 20.9. The standard InChI is InChI=1S/C22H28FN7/c1-30(2)20-11-12-24-22(28-20)27-19-9-7-18(8-10-19)25-13-16-14-26-29-21(16)15-3-5-17(23)6-4-15/h3-6,11-12,14,18-19,25H,7-10,13H2,1-2H3,(H,26,29)(H,24,27,28). The lowest BCUT2D eigenvalue weighted by molar-refractivity contribution is 0.352. The van der Waals surface area contributed by atoms with Crippen molar-refractivity contribution in [3.63, 3.8) is 0 Å². The summed E-state index contributed by atoms with van der Waals surface area (Å²) in [6.45, 7) is 0.736. The Kier molecular flexibility index (Phi) is 6.23. The number of nitrogens with one attached hydrogen (secondary N) is 3. The van der Waals surface area contributed by atoms with E-state index < -0.39 is 0 Å². The topological polar surface area (TPSA) is 81.8 Å². The van der Waals surface area contributed by atoms with Crippen molar-refractivity contribution < 1.29 is 4.39 Å². The molecule has 0 saturated heterocycles. The van der Waals surface area contributed by atoms with E-state index in [0.717, 1.165) is 54.9 Å². The van der Waals surface area contributed by atoms with E-state index in [-0.39, 0.29) is 5.82 Å². The molecule has 30 heavy (non-hydrogen) atoms. The van der Waals surface area contributed by atoms with Crippen LogP contribution in [0.1, 0.15) is 31.2 Å². The van der Waals surface area contributed by atoms with Gasteiger partial charge >= 0.3 is 0 Å². The Morgan fingerprint density at radius 1 is 1.07 bits per heavy atom. The molecule has 0 spiro atoms. The molecular formula is C22H28FN7. The average molecular weight is 410 g/mol. The molecule has 1 saturated carbocycles. The van der Waals surface area contributed by atoms with Gasteiger partial charge in [0, 0.05) is 50.0 Å². The van der Waals surface area contributed by atoms with Crippen LogP contribution in [-0.2, 0) is 6.54 Å². The minimum Gasteiger partial charge on any atom is -0.363 e. The van der Waals surface area contributed by atoms with E-state index in [4.69, 9.17) is 0 Å². The van der Waals surface area contributed by atoms with Crippen LogP contribution in [0.3, 0.4) is 0 Å². The van der Waals surface area contributed by atoms with E-state index in [1.807, 2.05) is 31.3 Å². The molecule has 3 N–H and O–H groups in total. The quantitative estimate of drug-likeness (QED) is 0.553. The van der Waals surface area contributed by atoms with E-state index in [2.05, 4.69) is 30.8 Å². The largest absolute Gasteiger partial charge is 0.363 e. The fraction of sp³-hybridized carbons (Fsp3) is 0.409. The summed E-state index contributed by atoms with van der Waals surface area (Å²) in [5.41, 5.74) is 2.98. The third kappa shape index (κ3) is 4.94. The molecule has 0 aliphatic heterocycles. The van der Waals surface area contributed by atoms with Crippen molar-refractivity contribution in [3.8, 4) is 11.3 Å². The number of anilines is 2. The minimum absolute atomic E-state index is 0.234. The van der Waals surface area contributed by atoms with E-state index in [0.29, 0.717) is 18.0 Å². The number of H-pyrrole nitrogens is 1. The first-order valence-corrected chi connectivity index (χ1v) is 10.4. The summed E-state index contributed by atoms with van der Waals surface area (Å²) in [5, 5.41) is 14.3. The highest BCUT2D eigenvalue weighted by Gasteiger charge is 2.22. The molecule has 4 rings (SSSR count). The highest BCUT2D eigenvalue weighted by molar-refractivity contribution is 5.62. The average Bonchev–Trinajstić information content (AvgIpc) is 3.22. The normalized spacial score (nSPS) is 18.9. The van der Waals surface area contributed by atoms with Crippen LogP contribution in [0.2, 0.25) is 0 Å². The lowest BCUT2D eigenvalue weighted by Crippen LogP contribution is -2.37. The minimum atomic E-state index is -0.234. The maximum atomic E-state index is 13.2. The highest BCUT2D eigenvalue weighted by atomic mass is 19.1. The van der Waals surface area contributed by atoms with Gasteiger partial charge in [-0.2, -0.15) is 10.1 Å². The SMILES string of the molecule is CN(C)c1ccnc(NC2CCC(NCc3cn[nH]c3-c3ccc(F)cc3)CC2)n1. The molecule has 7 nitrogen and oxygen atoms in total. The molecule has 0 bridgehead atoms. The van der Waals surface area contributed by atoms with Crippen LogP contribution in [0, 0.1) is 5.82 Å². The second-order valence-electron chi connectivity index (χ2n) is 7.98. The Hall–Kier alpha value is -3.00. The second kappa shape index (κ2) is 9.21. The van der Waals surface area contributed by atoms with Crippen LogP contribution in [0.15, 0.2) is 42.7 Å². The van der Waals surface area contributed by atoms with Crippen molar-refractivity contribution >= 4 is 11.8 Å². The monoisotopic (exact) mass is 409 g/mol. The van der Waals surface area contributed by atoms with Gasteiger partial charge in [0.05, 0.1) is 11.9 Å². The van der Waals surface area contributed by atoms with E-state index in [1.165, 1.54) is 12.1 Å². The van der Waals surface area contributed by atoms with Crippen LogP contribution in [0.25, 0.3) is 11.3 Å². The van der Waals surface area contributed by atoms with Gasteiger partial charge in [0.25, 0.3) is 0 Å². The third-order valence-electron chi connectivity index (χ3n) is 5.59. The Morgan fingerprint density at radius 2 is 1.80 bits per heavy atom. The Bertz CT molecular complexity index is 946. The fourth-order valence-electron chi connectivity index (χ4n) is 3.86. The van der Waals surface area contributed by atoms with E-state index >= 15 is 0 Å². The molecular weight excluding hydrogens is 381 g/mol. The van der Waals surface area contributed by atoms with Gasteiger partial charge in [0.15, 0.2) is 0 Å². The summed E-state index contributed by atoms with van der Waals surface area (Å²) in [7, 11) is 3.95. The zero-order valence-corrected chi connectivity index (χ0v) is 17.4. The van der Waals surface area contributed by atoms with Gasteiger partial charge in [-0.3, -0.25) is 5.10 Å². The third-order valence-corrected chi connectivity index (χ3v) is 5.59. The first kappa shape index (κ1) is 20.3. The van der Waals surface area contributed by atoms with Gasteiger partial charge in [0.1, 0.15) is 11.6 Å². The highest BCUT2D eigenvalue weighted by Crippen LogP contribution is 2.24. The number of nitrogens with zero attached hydrogens (tertiary/aromatic N) is 4. The molecule has 0 radical (unpaired) electrons. The molecule has 158 valence electrons. The second-order valence-corrected chi connectivity index (χ2v) is 7.98. The van der Waals surface area contributed by atoms with E-state index in [1.54, 1.807) is 18.3 Å². The van der Waals surface area contributed by atoms with Gasteiger partial charge < -0.3 is 15.5 Å². The van der Waals surface area contributed by atoms with Crippen molar-refractivity contribution in [1.82, 2.24) is 25.5 Å². The lowest BCUT2D eigenvalue weighted by atomic mass is 9.91. The van der Waals surface area contributed by atoms with E-state index in [9.17, 15) is 4.39 Å². The molecule has 1 aromatic carbocycles. The Labute approximate surface area is 176 Å². The van der Waals surface area contributed by atoms with Gasteiger partial charge in [-0.25, -0.2) is 9.37 Å². The summed E-state index contributed by atoms with van der Waals surface area (Å²) in [6.07, 6.45) is 7.96. The maximum absolute atomic E-state index is 13.2. The van der Waals surface area contributed by atoms with Crippen LogP contribution in [0.5, 0.6) is 0 Å². The first-order valence-electron chi connectivity index (χ1n) is 10.4. The zero-order valence-electron chi connectivity index (χ0n) is 17.4. The fourth-order valence-corrected chi connectivity index (χ4v) is 3.86. The molecule has 2 aromatic heterocycles. The molecule has 2 heterocycles. The van der Waals surface area contributed by atoms with Gasteiger partial charge in [-0.05, 0) is 56.0 Å². The van der Waals surface area contributed by atoms with Crippen molar-refractivity contribution in [1.29, 1.82) is 0 Å². The number of hydrogen-bond donors (Lipinski definition) is 3. The van der Waals surface area contributed by atoms with Crippen LogP contribution < -0.4 is 15.5 Å². The maximum Gasteiger partial charge on any atom is 0.224 e. The predicted octanol–water partition coefficient (Wildman–Crippen LogP) is 3.58.